The van der Waals surface area contributed by atoms with E-state index in [9.17, 15) is 22.4 Å². The van der Waals surface area contributed by atoms with E-state index < -0.39 is 29.6 Å². The molecule has 0 aliphatic carbocycles. The van der Waals surface area contributed by atoms with Gasteiger partial charge >= 0.3 is 6.18 Å². The van der Waals surface area contributed by atoms with Gasteiger partial charge in [0.15, 0.2) is 5.65 Å². The van der Waals surface area contributed by atoms with Crippen LogP contribution in [-0.4, -0.2) is 30.7 Å². The largest absolute Gasteiger partial charge is 0.417 e. The van der Waals surface area contributed by atoms with Gasteiger partial charge in [0.05, 0.1) is 39.6 Å². The van der Waals surface area contributed by atoms with E-state index in [-0.39, 0.29) is 29.3 Å². The molecule has 0 saturated heterocycles. The van der Waals surface area contributed by atoms with Crippen LogP contribution in [-0.2, 0) is 12.7 Å². The highest BCUT2D eigenvalue weighted by atomic mass is 79.9. The lowest BCUT2D eigenvalue weighted by Gasteiger charge is -2.29. The maximum absolute atomic E-state index is 13.8. The Labute approximate surface area is 205 Å². The van der Waals surface area contributed by atoms with Crippen molar-refractivity contribution in [1.82, 2.24) is 24.8 Å². The molecule has 0 radical (unpaired) electrons. The van der Waals surface area contributed by atoms with E-state index in [1.165, 1.54) is 29.3 Å². The van der Waals surface area contributed by atoms with E-state index in [0.29, 0.717) is 21.7 Å². The van der Waals surface area contributed by atoms with Crippen molar-refractivity contribution < 1.29 is 22.4 Å². The third-order valence-corrected chi connectivity index (χ3v) is 5.91. The molecule has 0 bridgehead atoms. The Bertz CT molecular complexity index is 1400. The monoisotopic (exact) mass is 548 g/mol. The normalized spacial score (nSPS) is 12.5. The molecular weight excluding hydrogens is 532 g/mol. The van der Waals surface area contributed by atoms with E-state index in [0.717, 1.165) is 6.07 Å². The highest BCUT2D eigenvalue weighted by Gasteiger charge is 2.31. The number of nitrogen functional groups attached to an aromatic ring is 1. The van der Waals surface area contributed by atoms with Gasteiger partial charge in [-0.15, -0.1) is 0 Å². The molecule has 4 rings (SSSR count). The topological polar surface area (TPSA) is 97.9 Å². The summed E-state index contributed by atoms with van der Waals surface area (Å²) in [5.41, 5.74) is 5.86. The van der Waals surface area contributed by atoms with Crippen LogP contribution < -0.4 is 5.73 Å². The van der Waals surface area contributed by atoms with Crippen LogP contribution in [0.2, 0.25) is 0 Å². The fraction of sp³-hybridized carbons (Fsp3) is 0.174. The van der Waals surface area contributed by atoms with Crippen LogP contribution in [0, 0.1) is 5.95 Å². The van der Waals surface area contributed by atoms with Gasteiger partial charge in [-0.05, 0) is 59.3 Å². The molecule has 0 spiro atoms. The highest BCUT2D eigenvalue weighted by molar-refractivity contribution is 9.10. The standard InChI is InChI=1S/C23H17BrF4N6O/c1-12(18-3-2-4-19(25)32-18)34(11-16-6-5-15(10-30-16)23(26,27)28)22(35)14-7-13-8-17(24)20(29)33-21(13)31-9-14/h2-10,12H,11H2,1H3,(H2,29,31,33)/t12-/m1/s1. The predicted molar refractivity (Wildman–Crippen MR) is 123 cm³/mol. The van der Waals surface area contributed by atoms with Gasteiger partial charge in [-0.3, -0.25) is 9.78 Å². The second-order valence-electron chi connectivity index (χ2n) is 7.66. The number of carbonyl (C=O) groups excluding carboxylic acids is 1. The van der Waals surface area contributed by atoms with E-state index in [1.54, 1.807) is 25.1 Å². The fourth-order valence-corrected chi connectivity index (χ4v) is 3.73. The first-order chi connectivity index (χ1) is 16.5. The van der Waals surface area contributed by atoms with E-state index in [1.807, 2.05) is 0 Å². The maximum Gasteiger partial charge on any atom is 0.417 e. The van der Waals surface area contributed by atoms with Gasteiger partial charge in [0, 0.05) is 17.8 Å². The first-order valence-corrected chi connectivity index (χ1v) is 11.0. The van der Waals surface area contributed by atoms with Gasteiger partial charge in [0.1, 0.15) is 5.82 Å². The van der Waals surface area contributed by atoms with Gasteiger partial charge < -0.3 is 10.6 Å². The van der Waals surface area contributed by atoms with Crippen LogP contribution in [0.4, 0.5) is 23.4 Å². The number of aromatic nitrogens is 4. The highest BCUT2D eigenvalue weighted by Crippen LogP contribution is 2.30. The Balaban J connectivity index is 1.72. The molecule has 4 aromatic heterocycles. The number of hydrogen-bond donors (Lipinski definition) is 1. The number of nitrogens with two attached hydrogens (primary N) is 1. The van der Waals surface area contributed by atoms with Crippen molar-refractivity contribution >= 4 is 38.7 Å². The molecule has 0 aliphatic rings. The minimum Gasteiger partial charge on any atom is -0.383 e. The van der Waals surface area contributed by atoms with Crippen molar-refractivity contribution in [2.24, 2.45) is 0 Å². The zero-order valence-electron chi connectivity index (χ0n) is 18.1. The number of amides is 1. The number of fused-ring (bicyclic) bond motifs is 1. The molecule has 1 atom stereocenters. The second kappa shape index (κ2) is 9.53. The predicted octanol–water partition coefficient (Wildman–Crippen LogP) is 5.33. The van der Waals surface area contributed by atoms with Crippen LogP contribution in [0.15, 0.2) is 59.3 Å². The quantitative estimate of drug-likeness (QED) is 0.267. The summed E-state index contributed by atoms with van der Waals surface area (Å²) in [6.45, 7) is 1.48. The third kappa shape index (κ3) is 5.37. The number of rotatable bonds is 5. The summed E-state index contributed by atoms with van der Waals surface area (Å²) >= 11 is 3.29. The van der Waals surface area contributed by atoms with Crippen molar-refractivity contribution in [2.75, 3.05) is 5.73 Å². The lowest BCUT2D eigenvalue weighted by atomic mass is 10.1. The van der Waals surface area contributed by atoms with E-state index in [2.05, 4.69) is 35.9 Å². The number of alkyl halides is 3. The average Bonchev–Trinajstić information content (AvgIpc) is 2.82. The molecular formula is C23H17BrF4N6O. The molecule has 7 nitrogen and oxygen atoms in total. The molecule has 0 fully saturated rings. The Kier molecular flexibility index (Phi) is 6.66. The summed E-state index contributed by atoms with van der Waals surface area (Å²) in [5, 5.41) is 0.543. The van der Waals surface area contributed by atoms with Crippen molar-refractivity contribution in [2.45, 2.75) is 25.7 Å². The zero-order chi connectivity index (χ0) is 25.3. The van der Waals surface area contributed by atoms with E-state index >= 15 is 0 Å². The molecule has 0 unspecified atom stereocenters. The smallest absolute Gasteiger partial charge is 0.383 e. The molecule has 0 aliphatic heterocycles. The third-order valence-electron chi connectivity index (χ3n) is 5.27. The van der Waals surface area contributed by atoms with Crippen LogP contribution in [0.25, 0.3) is 11.0 Å². The second-order valence-corrected chi connectivity index (χ2v) is 8.51. The lowest BCUT2D eigenvalue weighted by Crippen LogP contribution is -2.34. The summed E-state index contributed by atoms with van der Waals surface area (Å²) in [6.07, 6.45) is -2.51. The number of pyridine rings is 4. The van der Waals surface area contributed by atoms with Crippen molar-refractivity contribution in [3.8, 4) is 0 Å². The summed E-state index contributed by atoms with van der Waals surface area (Å²) in [6, 6.07) is 8.76. The summed E-state index contributed by atoms with van der Waals surface area (Å²) in [4.78, 5) is 31.0. The number of nitrogens with zero attached hydrogens (tertiary/aromatic N) is 5. The van der Waals surface area contributed by atoms with Crippen LogP contribution in [0.1, 0.15) is 40.3 Å². The molecule has 180 valence electrons. The lowest BCUT2D eigenvalue weighted by molar-refractivity contribution is -0.137. The minimum absolute atomic E-state index is 0.155. The number of halogens is 5. The summed E-state index contributed by atoms with van der Waals surface area (Å²) < 4.78 is 53.1. The molecule has 12 heteroatoms. The molecule has 2 N–H and O–H groups in total. The molecule has 0 saturated carbocycles. The maximum atomic E-state index is 13.8. The molecule has 0 aromatic carbocycles. The van der Waals surface area contributed by atoms with Gasteiger partial charge in [-0.25, -0.2) is 15.0 Å². The fourth-order valence-electron chi connectivity index (χ4n) is 3.40. The number of hydrogen-bond acceptors (Lipinski definition) is 6. The van der Waals surface area contributed by atoms with Gasteiger partial charge in [-0.2, -0.15) is 17.6 Å². The molecule has 35 heavy (non-hydrogen) atoms. The molecule has 4 heterocycles. The Hall–Kier alpha value is -3.67. The molecule has 1 amide bonds. The molecule has 4 aromatic rings. The van der Waals surface area contributed by atoms with Crippen molar-refractivity contribution in [3.63, 3.8) is 0 Å². The van der Waals surface area contributed by atoms with Crippen LogP contribution in [0.5, 0.6) is 0 Å². The number of carbonyl (C=O) groups is 1. The van der Waals surface area contributed by atoms with Crippen molar-refractivity contribution in [1.29, 1.82) is 0 Å². The van der Waals surface area contributed by atoms with Crippen molar-refractivity contribution in [3.05, 3.63) is 87.8 Å². The Morgan fingerprint density at radius 1 is 1.11 bits per heavy atom. The first-order valence-electron chi connectivity index (χ1n) is 10.2. The first kappa shape index (κ1) is 24.5. The van der Waals surface area contributed by atoms with Crippen LogP contribution in [0.3, 0.4) is 0 Å². The SMILES string of the molecule is C[C@H](c1cccc(F)n1)N(Cc1ccc(C(F)(F)F)cn1)C(=O)c1cnc2nc(N)c(Br)cc2c1. The van der Waals surface area contributed by atoms with Gasteiger partial charge in [0.25, 0.3) is 5.91 Å². The number of anilines is 1. The minimum atomic E-state index is -4.54. The zero-order valence-corrected chi connectivity index (χ0v) is 19.7. The van der Waals surface area contributed by atoms with E-state index in [4.69, 9.17) is 5.73 Å². The van der Waals surface area contributed by atoms with Gasteiger partial charge in [-0.1, -0.05) is 6.07 Å². The Morgan fingerprint density at radius 2 is 1.89 bits per heavy atom. The summed E-state index contributed by atoms with van der Waals surface area (Å²) in [7, 11) is 0. The van der Waals surface area contributed by atoms with Gasteiger partial charge in [0.2, 0.25) is 5.95 Å². The Morgan fingerprint density at radius 3 is 2.54 bits per heavy atom. The summed E-state index contributed by atoms with van der Waals surface area (Å²) in [5.74, 6) is -0.993. The van der Waals surface area contributed by atoms with Crippen LogP contribution >= 0.6 is 15.9 Å². The average molecular weight is 549 g/mol.